The van der Waals surface area contributed by atoms with E-state index in [0.717, 1.165) is 49.0 Å². The highest BCUT2D eigenvalue weighted by atomic mass is 35.5. The number of nitrogens with one attached hydrogen (secondary N) is 1. The molecule has 1 aliphatic rings. The van der Waals surface area contributed by atoms with E-state index in [9.17, 15) is 14.9 Å². The van der Waals surface area contributed by atoms with Gasteiger partial charge in [0.2, 0.25) is 0 Å². The summed E-state index contributed by atoms with van der Waals surface area (Å²) in [4.78, 5) is 27.0. The number of nitrogens with zero attached hydrogens (tertiary/aromatic N) is 1. The molecule has 2 heterocycles. The average molecular weight is 543 g/mol. The van der Waals surface area contributed by atoms with Crippen molar-refractivity contribution in [3.8, 4) is 17.4 Å². The Morgan fingerprint density at radius 2 is 2.03 bits per heavy atom. The molecule has 186 valence electrons. The number of carbonyl (C=O) groups is 2. The van der Waals surface area contributed by atoms with Gasteiger partial charge in [0.25, 0.3) is 5.91 Å². The molecular formula is C27H24Cl2N2O4S. The molecule has 0 spiro atoms. The third-order valence-electron chi connectivity index (χ3n) is 5.83. The van der Waals surface area contributed by atoms with Crippen molar-refractivity contribution in [2.45, 2.75) is 45.4 Å². The molecule has 1 amide bonds. The van der Waals surface area contributed by atoms with E-state index in [1.807, 2.05) is 13.0 Å². The van der Waals surface area contributed by atoms with Crippen LogP contribution in [0, 0.1) is 11.3 Å². The largest absolute Gasteiger partial charge is 0.462 e. The van der Waals surface area contributed by atoms with E-state index in [-0.39, 0.29) is 5.57 Å². The number of carbonyl (C=O) groups excluding carboxylic acids is 2. The van der Waals surface area contributed by atoms with Gasteiger partial charge in [-0.15, -0.1) is 11.3 Å². The lowest BCUT2D eigenvalue weighted by Gasteiger charge is -2.12. The zero-order chi connectivity index (χ0) is 25.7. The second kappa shape index (κ2) is 11.8. The molecule has 1 N–H and O–H groups in total. The number of ether oxygens (including phenoxy) is 1. The first-order valence-electron chi connectivity index (χ1n) is 11.7. The Balaban J connectivity index is 1.58. The molecule has 36 heavy (non-hydrogen) atoms. The fourth-order valence-electron chi connectivity index (χ4n) is 3.98. The Labute approximate surface area is 223 Å². The van der Waals surface area contributed by atoms with E-state index >= 15 is 0 Å². The zero-order valence-corrected chi connectivity index (χ0v) is 22.0. The molecule has 0 aliphatic heterocycles. The topological polar surface area (TPSA) is 92.3 Å². The Kier molecular flexibility index (Phi) is 8.52. The van der Waals surface area contributed by atoms with Crippen molar-refractivity contribution in [2.75, 3.05) is 11.9 Å². The summed E-state index contributed by atoms with van der Waals surface area (Å²) in [5.41, 5.74) is 1.79. The number of unbranched alkanes of at least 4 members (excludes halogenated alkanes) is 1. The van der Waals surface area contributed by atoms with Crippen LogP contribution in [0.3, 0.4) is 0 Å². The summed E-state index contributed by atoms with van der Waals surface area (Å²) >= 11 is 13.7. The van der Waals surface area contributed by atoms with Gasteiger partial charge in [0.05, 0.1) is 22.2 Å². The van der Waals surface area contributed by atoms with Crippen LogP contribution in [-0.4, -0.2) is 18.5 Å². The third kappa shape index (κ3) is 5.67. The number of rotatable bonds is 8. The molecule has 3 aromatic rings. The number of anilines is 1. The number of hydrogen-bond donors (Lipinski definition) is 1. The molecule has 9 heteroatoms. The number of benzene rings is 1. The standard InChI is InChI=1S/C27H24Cl2N2O4S/c1-2-3-13-34-27(33)23-19-7-4-5-10-22(19)36-26(23)31-25(32)16(15-30)14-17-11-12-21(35-17)18-8-6-9-20(28)24(18)29/h6,8-9,11-12,14H,2-5,7,10,13H2,1H3,(H,31,32). The van der Waals surface area contributed by atoms with Gasteiger partial charge >= 0.3 is 5.97 Å². The predicted octanol–water partition coefficient (Wildman–Crippen LogP) is 7.70. The van der Waals surface area contributed by atoms with E-state index in [1.54, 1.807) is 30.3 Å². The van der Waals surface area contributed by atoms with Crippen molar-refractivity contribution in [1.82, 2.24) is 0 Å². The number of fused-ring (bicyclic) bond motifs is 1. The predicted molar refractivity (Wildman–Crippen MR) is 143 cm³/mol. The summed E-state index contributed by atoms with van der Waals surface area (Å²) < 4.78 is 11.3. The van der Waals surface area contributed by atoms with Crippen molar-refractivity contribution in [3.05, 3.63) is 67.7 Å². The van der Waals surface area contributed by atoms with Gasteiger partial charge in [-0.05, 0) is 61.9 Å². The van der Waals surface area contributed by atoms with Gasteiger partial charge in [-0.2, -0.15) is 5.26 Å². The van der Waals surface area contributed by atoms with E-state index < -0.39 is 11.9 Å². The van der Waals surface area contributed by atoms with E-state index in [4.69, 9.17) is 32.4 Å². The van der Waals surface area contributed by atoms with Gasteiger partial charge < -0.3 is 14.5 Å². The fourth-order valence-corrected chi connectivity index (χ4v) is 5.65. The minimum atomic E-state index is -0.627. The number of amides is 1. The first kappa shape index (κ1) is 26.0. The number of halogens is 2. The summed E-state index contributed by atoms with van der Waals surface area (Å²) in [6, 6.07) is 10.4. The van der Waals surface area contributed by atoms with Crippen LogP contribution in [0.4, 0.5) is 5.00 Å². The van der Waals surface area contributed by atoms with Gasteiger partial charge in [-0.1, -0.05) is 42.6 Å². The summed E-state index contributed by atoms with van der Waals surface area (Å²) in [5, 5.41) is 13.6. The van der Waals surface area contributed by atoms with Crippen LogP contribution in [0.5, 0.6) is 0 Å². The number of nitriles is 1. The summed E-state index contributed by atoms with van der Waals surface area (Å²) in [6.45, 7) is 2.35. The third-order valence-corrected chi connectivity index (χ3v) is 7.86. The Morgan fingerprint density at radius 3 is 2.81 bits per heavy atom. The second-order valence-electron chi connectivity index (χ2n) is 8.33. The SMILES string of the molecule is CCCCOC(=O)c1c(NC(=O)C(C#N)=Cc2ccc(-c3cccc(Cl)c3Cl)o2)sc2c1CCCC2. The van der Waals surface area contributed by atoms with Crippen LogP contribution < -0.4 is 5.32 Å². The summed E-state index contributed by atoms with van der Waals surface area (Å²) in [6.07, 6.45) is 6.66. The van der Waals surface area contributed by atoms with Gasteiger partial charge in [0, 0.05) is 16.5 Å². The molecule has 4 rings (SSSR count). The summed E-state index contributed by atoms with van der Waals surface area (Å²) in [5.74, 6) is -0.306. The highest BCUT2D eigenvalue weighted by Crippen LogP contribution is 2.39. The molecule has 0 saturated heterocycles. The number of aryl methyl sites for hydroxylation is 1. The Morgan fingerprint density at radius 1 is 1.22 bits per heavy atom. The zero-order valence-electron chi connectivity index (χ0n) is 19.7. The van der Waals surface area contributed by atoms with Crippen molar-refractivity contribution in [1.29, 1.82) is 5.26 Å². The lowest BCUT2D eigenvalue weighted by molar-refractivity contribution is -0.112. The van der Waals surface area contributed by atoms with Gasteiger partial charge in [-0.25, -0.2) is 4.79 Å². The van der Waals surface area contributed by atoms with E-state index in [1.165, 1.54) is 17.4 Å². The smallest absolute Gasteiger partial charge is 0.341 e. The highest BCUT2D eigenvalue weighted by Gasteiger charge is 2.28. The van der Waals surface area contributed by atoms with Crippen molar-refractivity contribution < 1.29 is 18.7 Å². The quantitative estimate of drug-likeness (QED) is 0.136. The molecule has 0 atom stereocenters. The fraction of sp³-hybridized carbons (Fsp3) is 0.296. The highest BCUT2D eigenvalue weighted by molar-refractivity contribution is 7.17. The van der Waals surface area contributed by atoms with E-state index in [0.29, 0.717) is 44.3 Å². The van der Waals surface area contributed by atoms with Gasteiger partial charge in [0.15, 0.2) is 0 Å². The van der Waals surface area contributed by atoms with Crippen molar-refractivity contribution in [3.63, 3.8) is 0 Å². The number of thiophene rings is 1. The minimum absolute atomic E-state index is 0.162. The van der Waals surface area contributed by atoms with Crippen LogP contribution in [0.1, 0.15) is 59.2 Å². The first-order valence-corrected chi connectivity index (χ1v) is 13.3. The number of esters is 1. The molecule has 6 nitrogen and oxygen atoms in total. The van der Waals surface area contributed by atoms with Crippen molar-refractivity contribution >= 4 is 57.5 Å². The molecular weight excluding hydrogens is 519 g/mol. The van der Waals surface area contributed by atoms with Gasteiger partial charge in [-0.3, -0.25) is 4.79 Å². The molecule has 1 aromatic carbocycles. The molecule has 0 fully saturated rings. The summed E-state index contributed by atoms with van der Waals surface area (Å²) in [7, 11) is 0. The van der Waals surface area contributed by atoms with Crippen LogP contribution in [-0.2, 0) is 22.4 Å². The van der Waals surface area contributed by atoms with Crippen LogP contribution in [0.15, 0.2) is 40.3 Å². The second-order valence-corrected chi connectivity index (χ2v) is 10.2. The molecule has 2 aromatic heterocycles. The average Bonchev–Trinajstić information content (AvgIpc) is 3.48. The maximum absolute atomic E-state index is 13.0. The maximum Gasteiger partial charge on any atom is 0.341 e. The maximum atomic E-state index is 13.0. The lowest BCUT2D eigenvalue weighted by Crippen LogP contribution is -2.17. The van der Waals surface area contributed by atoms with Gasteiger partial charge in [0.1, 0.15) is 28.2 Å². The molecule has 1 aliphatic carbocycles. The normalized spacial score (nSPS) is 13.1. The molecule has 0 unspecified atom stereocenters. The Hall–Kier alpha value is -3.05. The lowest BCUT2D eigenvalue weighted by atomic mass is 9.95. The number of furan rings is 1. The first-order chi connectivity index (χ1) is 17.4. The Bertz CT molecular complexity index is 1370. The van der Waals surface area contributed by atoms with Crippen LogP contribution in [0.2, 0.25) is 10.0 Å². The molecule has 0 radical (unpaired) electrons. The van der Waals surface area contributed by atoms with Crippen molar-refractivity contribution in [2.24, 2.45) is 0 Å². The molecule has 0 bridgehead atoms. The van der Waals surface area contributed by atoms with E-state index in [2.05, 4.69) is 5.32 Å². The number of hydrogen-bond acceptors (Lipinski definition) is 6. The van der Waals surface area contributed by atoms with Crippen LogP contribution >= 0.6 is 34.5 Å². The molecule has 0 saturated carbocycles. The monoisotopic (exact) mass is 542 g/mol. The minimum Gasteiger partial charge on any atom is -0.462 e. The van der Waals surface area contributed by atoms with Crippen LogP contribution in [0.25, 0.3) is 17.4 Å².